The first kappa shape index (κ1) is 47.6. The number of benzene rings is 5. The first-order valence-corrected chi connectivity index (χ1v) is 25.6. The lowest BCUT2D eigenvalue weighted by Gasteiger charge is -2.30. The van der Waals surface area contributed by atoms with E-state index in [2.05, 4.69) is 13.8 Å². The van der Waals surface area contributed by atoms with Gasteiger partial charge in [0.05, 0.1) is 0 Å². The van der Waals surface area contributed by atoms with Crippen LogP contribution in [0.3, 0.4) is 0 Å². The van der Waals surface area contributed by atoms with Crippen molar-refractivity contribution < 1.29 is 28.7 Å². The van der Waals surface area contributed by atoms with Gasteiger partial charge in [-0.2, -0.15) is 0 Å². The van der Waals surface area contributed by atoms with E-state index in [1.807, 2.05) is 48.5 Å². The quantitative estimate of drug-likeness (QED) is 0.0185. The minimum atomic E-state index is -0.280. The molecule has 0 spiro atoms. The van der Waals surface area contributed by atoms with E-state index in [0.29, 0.717) is 85.4 Å². The molecule has 0 atom stereocenters. The SMILES string of the molecule is CCCCCCCCCCCCCCOCCCN1C(=O)c2ccc3c4ccc5c6c(ccc(c7ccc(c2c37)C1=O)c64)C(=O)N(CCCOCCCCCCCCCCCC)C5=O. The highest BCUT2D eigenvalue weighted by atomic mass is 16.5. The molecule has 0 fully saturated rings. The van der Waals surface area contributed by atoms with Gasteiger partial charge < -0.3 is 9.47 Å². The van der Waals surface area contributed by atoms with E-state index in [1.54, 1.807) is 0 Å². The zero-order valence-electron chi connectivity index (χ0n) is 39.2. The van der Waals surface area contributed by atoms with Gasteiger partial charge in [0.1, 0.15) is 0 Å². The number of fused-ring (bicyclic) bond motifs is 2. The van der Waals surface area contributed by atoms with E-state index in [-0.39, 0.29) is 23.6 Å². The van der Waals surface area contributed by atoms with E-state index in [0.717, 1.165) is 45.2 Å². The second-order valence-corrected chi connectivity index (χ2v) is 18.7. The number of carbonyl (C=O) groups is 4. The van der Waals surface area contributed by atoms with Crippen LogP contribution < -0.4 is 0 Å². The van der Waals surface area contributed by atoms with Crippen molar-refractivity contribution in [3.05, 3.63) is 70.8 Å². The van der Waals surface area contributed by atoms with Crippen LogP contribution in [0.4, 0.5) is 0 Å². The molecule has 0 saturated carbocycles. The summed E-state index contributed by atoms with van der Waals surface area (Å²) < 4.78 is 11.8. The predicted molar refractivity (Wildman–Crippen MR) is 262 cm³/mol. The Labute approximate surface area is 382 Å². The zero-order chi connectivity index (χ0) is 44.7. The number of carbonyl (C=O) groups excluding carboxylic acids is 4. The van der Waals surface area contributed by atoms with Crippen molar-refractivity contribution in [3.8, 4) is 0 Å². The molecule has 0 saturated heterocycles. The van der Waals surface area contributed by atoms with Crippen LogP contribution in [0.2, 0.25) is 0 Å². The van der Waals surface area contributed by atoms with Crippen LogP contribution in [-0.2, 0) is 9.47 Å². The number of rotatable bonds is 32. The zero-order valence-corrected chi connectivity index (χ0v) is 39.2. The number of amides is 4. The Morgan fingerprint density at radius 2 is 0.562 bits per heavy atom. The molecule has 7 rings (SSSR count). The standard InChI is InChI=1S/C56H74N2O6/c1-3-5-7-9-11-13-15-16-18-20-22-24-38-64-40-26-36-58-55(61)47-33-29-43-41-27-31-45-51-46(32-28-42(49(41)51)44-30-34-48(56(58)62)52(47)50(43)44)54(60)57(53(45)59)35-25-39-63-37-23-21-19-17-14-12-10-8-6-4-2/h27-34H,3-26,35-40H2,1-2H3. The minimum Gasteiger partial charge on any atom is -0.381 e. The summed E-state index contributed by atoms with van der Waals surface area (Å²) in [5.74, 6) is -1.12. The number of hydrogen-bond acceptors (Lipinski definition) is 6. The molecule has 8 heteroatoms. The van der Waals surface area contributed by atoms with Crippen molar-refractivity contribution in [1.29, 1.82) is 0 Å². The molecule has 0 aliphatic carbocycles. The second-order valence-electron chi connectivity index (χ2n) is 18.7. The first-order chi connectivity index (χ1) is 31.5. The maximum atomic E-state index is 14.0. The molecule has 8 nitrogen and oxygen atoms in total. The number of hydrogen-bond donors (Lipinski definition) is 0. The van der Waals surface area contributed by atoms with Crippen LogP contribution in [-0.4, -0.2) is 72.9 Å². The van der Waals surface area contributed by atoms with Crippen molar-refractivity contribution in [1.82, 2.24) is 9.80 Å². The minimum absolute atomic E-state index is 0.279. The molecule has 2 aliphatic rings. The van der Waals surface area contributed by atoms with E-state index >= 15 is 0 Å². The van der Waals surface area contributed by atoms with Gasteiger partial charge in [-0.1, -0.05) is 167 Å². The summed E-state index contributed by atoms with van der Waals surface area (Å²) in [7, 11) is 0. The number of unbranched alkanes of at least 4 members (excludes halogenated alkanes) is 20. The van der Waals surface area contributed by atoms with Crippen LogP contribution in [0.25, 0.3) is 43.1 Å². The van der Waals surface area contributed by atoms with Gasteiger partial charge in [0.15, 0.2) is 0 Å². The second kappa shape index (κ2) is 24.2. The highest BCUT2D eigenvalue weighted by Crippen LogP contribution is 2.46. The fourth-order valence-electron chi connectivity index (χ4n) is 10.4. The van der Waals surface area contributed by atoms with Crippen LogP contribution >= 0.6 is 0 Å². The number of ether oxygens (including phenoxy) is 2. The Balaban J connectivity index is 0.917. The average Bonchev–Trinajstić information content (AvgIpc) is 3.31. The highest BCUT2D eigenvalue weighted by Gasteiger charge is 2.36. The van der Waals surface area contributed by atoms with Crippen molar-refractivity contribution in [2.45, 2.75) is 168 Å². The lowest BCUT2D eigenvalue weighted by Crippen LogP contribution is -2.41. The monoisotopic (exact) mass is 871 g/mol. The summed E-state index contributed by atoms with van der Waals surface area (Å²) in [4.78, 5) is 58.7. The third-order valence-corrected chi connectivity index (χ3v) is 13.9. The van der Waals surface area contributed by atoms with Crippen LogP contribution in [0.1, 0.15) is 209 Å². The van der Waals surface area contributed by atoms with Gasteiger partial charge >= 0.3 is 0 Å². The van der Waals surface area contributed by atoms with Gasteiger partial charge in [-0.15, -0.1) is 0 Å². The molecule has 64 heavy (non-hydrogen) atoms. The van der Waals surface area contributed by atoms with E-state index in [4.69, 9.17) is 9.47 Å². The van der Waals surface area contributed by atoms with E-state index in [1.165, 1.54) is 138 Å². The Kier molecular flexibility index (Phi) is 18.0. The summed E-state index contributed by atoms with van der Waals surface area (Å²) in [6, 6.07) is 15.2. The number of nitrogens with zero attached hydrogens (tertiary/aromatic N) is 2. The van der Waals surface area contributed by atoms with Crippen LogP contribution in [0.5, 0.6) is 0 Å². The topological polar surface area (TPSA) is 93.2 Å². The van der Waals surface area contributed by atoms with E-state index in [9.17, 15) is 19.2 Å². The molecule has 0 bridgehead atoms. The summed E-state index contributed by atoms with van der Waals surface area (Å²) in [5, 5.41) is 6.68. The van der Waals surface area contributed by atoms with Gasteiger partial charge in [-0.3, -0.25) is 29.0 Å². The molecular formula is C56H74N2O6. The summed E-state index contributed by atoms with van der Waals surface area (Å²) >= 11 is 0. The molecule has 4 amide bonds. The first-order valence-electron chi connectivity index (χ1n) is 25.6. The normalized spacial score (nSPS) is 14.0. The molecule has 0 N–H and O–H groups in total. The fourth-order valence-corrected chi connectivity index (χ4v) is 10.4. The predicted octanol–water partition coefficient (Wildman–Crippen LogP) is 14.4. The average molecular weight is 871 g/mol. The number of imide groups is 2. The van der Waals surface area contributed by atoms with E-state index < -0.39 is 0 Å². The summed E-state index contributed by atoms with van der Waals surface area (Å²) in [6.45, 7) is 7.57. The van der Waals surface area contributed by atoms with Gasteiger partial charge in [0, 0.05) is 72.5 Å². The molecular weight excluding hydrogens is 797 g/mol. The third kappa shape index (κ3) is 11.0. The molecule has 344 valence electrons. The van der Waals surface area contributed by atoms with Crippen molar-refractivity contribution >= 4 is 66.7 Å². The molecule has 2 heterocycles. The smallest absolute Gasteiger partial charge is 0.261 e. The van der Waals surface area contributed by atoms with Crippen molar-refractivity contribution in [3.63, 3.8) is 0 Å². The summed E-state index contributed by atoms with van der Waals surface area (Å²) in [6.07, 6.45) is 29.6. The molecule has 0 radical (unpaired) electrons. The van der Waals surface area contributed by atoms with Gasteiger partial charge in [-0.25, -0.2) is 0 Å². The molecule has 0 unspecified atom stereocenters. The largest absolute Gasteiger partial charge is 0.381 e. The Hall–Kier alpha value is -4.40. The highest BCUT2D eigenvalue weighted by molar-refractivity contribution is 6.41. The molecule has 0 aromatic heterocycles. The summed E-state index contributed by atoms with van der Waals surface area (Å²) in [5.41, 5.74) is 2.09. The van der Waals surface area contributed by atoms with Gasteiger partial charge in [0.25, 0.3) is 23.6 Å². The third-order valence-electron chi connectivity index (χ3n) is 13.9. The molecule has 5 aromatic carbocycles. The maximum Gasteiger partial charge on any atom is 0.261 e. The molecule has 5 aromatic rings. The Morgan fingerprint density at radius 3 is 0.844 bits per heavy atom. The lowest BCUT2D eigenvalue weighted by atomic mass is 9.82. The Morgan fingerprint density at radius 1 is 0.312 bits per heavy atom. The van der Waals surface area contributed by atoms with Gasteiger partial charge in [0.2, 0.25) is 0 Å². The fraction of sp³-hybridized carbons (Fsp3) is 0.571. The van der Waals surface area contributed by atoms with Crippen LogP contribution in [0.15, 0.2) is 48.5 Å². The lowest BCUT2D eigenvalue weighted by molar-refractivity contribution is 0.0566. The van der Waals surface area contributed by atoms with Crippen molar-refractivity contribution in [2.24, 2.45) is 0 Å². The maximum absolute atomic E-state index is 14.0. The molecule has 2 aliphatic heterocycles. The Bertz CT molecular complexity index is 2230. The van der Waals surface area contributed by atoms with Crippen LogP contribution in [0, 0.1) is 0 Å². The van der Waals surface area contributed by atoms with Crippen molar-refractivity contribution in [2.75, 3.05) is 39.5 Å². The van der Waals surface area contributed by atoms with Gasteiger partial charge in [-0.05, 0) is 82.3 Å².